The first-order valence-corrected chi connectivity index (χ1v) is 18.3. The van der Waals surface area contributed by atoms with Crippen LogP contribution < -0.4 is 0 Å². The van der Waals surface area contributed by atoms with Gasteiger partial charge < -0.3 is 13.7 Å². The lowest BCUT2D eigenvalue weighted by atomic mass is 9.99. The van der Waals surface area contributed by atoms with Crippen molar-refractivity contribution in [3.05, 3.63) is 187 Å². The third kappa shape index (κ3) is 4.45. The largest absolute Gasteiger partial charge is 0.309 e. The molecule has 0 saturated heterocycles. The van der Waals surface area contributed by atoms with Crippen LogP contribution in [0, 0.1) is 22.7 Å². The van der Waals surface area contributed by atoms with Gasteiger partial charge >= 0.3 is 0 Å². The predicted molar refractivity (Wildman–Crippen MR) is 224 cm³/mol. The Morgan fingerprint density at radius 2 is 0.818 bits per heavy atom. The quantitative estimate of drug-likeness (QED) is 0.184. The van der Waals surface area contributed by atoms with Gasteiger partial charge in [-0.3, -0.25) is 0 Å². The van der Waals surface area contributed by atoms with E-state index in [1.54, 1.807) is 0 Å². The Kier molecular flexibility index (Phi) is 6.61. The minimum absolute atomic E-state index is 0.625. The number of fused-ring (bicyclic) bond motifs is 9. The molecular formula is C50H29N5. The van der Waals surface area contributed by atoms with Crippen molar-refractivity contribution < 1.29 is 0 Å². The summed E-state index contributed by atoms with van der Waals surface area (Å²) in [6.45, 7) is 0. The molecule has 0 radical (unpaired) electrons. The zero-order valence-corrected chi connectivity index (χ0v) is 29.5. The van der Waals surface area contributed by atoms with Gasteiger partial charge in [0.15, 0.2) is 0 Å². The van der Waals surface area contributed by atoms with Crippen molar-refractivity contribution in [2.45, 2.75) is 0 Å². The fraction of sp³-hybridized carbons (Fsp3) is 0. The number of nitriles is 2. The average Bonchev–Trinajstić information content (AvgIpc) is 3.88. The molecule has 0 fully saturated rings. The highest BCUT2D eigenvalue weighted by atomic mass is 15.0. The van der Waals surface area contributed by atoms with Crippen molar-refractivity contribution in [1.29, 1.82) is 10.5 Å². The van der Waals surface area contributed by atoms with Gasteiger partial charge in [0.2, 0.25) is 0 Å². The SMILES string of the molecule is N#Cc1ccc2c(c1)c1ccccc1n2-c1ccc2c(c1)c1ccccc1n2-c1ccc(-c2cccc(C#N)c2-n2c3ccccc3c3ccccc32)cc1. The molecular weight excluding hydrogens is 671 g/mol. The van der Waals surface area contributed by atoms with Crippen LogP contribution in [0.4, 0.5) is 0 Å². The molecule has 5 heteroatoms. The van der Waals surface area contributed by atoms with E-state index in [0.29, 0.717) is 11.1 Å². The molecule has 8 aromatic carbocycles. The summed E-state index contributed by atoms with van der Waals surface area (Å²) in [5.41, 5.74) is 12.9. The van der Waals surface area contributed by atoms with Gasteiger partial charge in [0.1, 0.15) is 6.07 Å². The van der Waals surface area contributed by atoms with E-state index in [4.69, 9.17) is 0 Å². The van der Waals surface area contributed by atoms with E-state index in [2.05, 4.69) is 177 Å². The summed E-state index contributed by atoms with van der Waals surface area (Å²) in [5, 5.41) is 26.9. The van der Waals surface area contributed by atoms with Crippen LogP contribution in [-0.4, -0.2) is 13.7 Å². The van der Waals surface area contributed by atoms with Gasteiger partial charge in [-0.25, -0.2) is 0 Å². The standard InChI is InChI=1S/C50H29N5/c51-30-32-20-26-48-42(28-32)40-13-3-6-17-45(40)54(48)36-25-27-49-43(29-36)41-14-4-5-16-44(41)53(49)35-23-21-33(22-24-35)37-15-9-10-34(31-52)50(37)55-46-18-7-1-11-38(46)39-12-2-8-19-47(39)55/h1-29H. The van der Waals surface area contributed by atoms with E-state index >= 15 is 0 Å². The van der Waals surface area contributed by atoms with E-state index in [9.17, 15) is 10.5 Å². The minimum atomic E-state index is 0.625. The van der Waals surface area contributed by atoms with Crippen molar-refractivity contribution in [1.82, 2.24) is 13.7 Å². The molecule has 254 valence electrons. The summed E-state index contributed by atoms with van der Waals surface area (Å²) >= 11 is 0. The van der Waals surface area contributed by atoms with Crippen LogP contribution in [0.2, 0.25) is 0 Å². The molecule has 0 saturated carbocycles. The normalized spacial score (nSPS) is 11.6. The van der Waals surface area contributed by atoms with Gasteiger partial charge in [0.25, 0.3) is 0 Å². The lowest BCUT2D eigenvalue weighted by Crippen LogP contribution is -2.01. The van der Waals surface area contributed by atoms with Gasteiger partial charge in [-0.1, -0.05) is 97.1 Å². The van der Waals surface area contributed by atoms with Crippen LogP contribution in [0.5, 0.6) is 0 Å². The van der Waals surface area contributed by atoms with Crippen molar-refractivity contribution in [2.24, 2.45) is 0 Å². The smallest absolute Gasteiger partial charge is 0.101 e. The van der Waals surface area contributed by atoms with E-state index < -0.39 is 0 Å². The van der Waals surface area contributed by atoms with Crippen LogP contribution >= 0.6 is 0 Å². The fourth-order valence-electron chi connectivity index (χ4n) is 8.76. The van der Waals surface area contributed by atoms with E-state index in [1.807, 2.05) is 24.3 Å². The summed E-state index contributed by atoms with van der Waals surface area (Å²) in [6, 6.07) is 66.0. The maximum absolute atomic E-state index is 10.4. The van der Waals surface area contributed by atoms with Crippen molar-refractivity contribution in [3.8, 4) is 40.3 Å². The van der Waals surface area contributed by atoms with Crippen molar-refractivity contribution in [2.75, 3.05) is 0 Å². The van der Waals surface area contributed by atoms with Gasteiger partial charge in [-0.2, -0.15) is 10.5 Å². The Morgan fingerprint density at radius 3 is 1.40 bits per heavy atom. The summed E-state index contributed by atoms with van der Waals surface area (Å²) in [6.07, 6.45) is 0. The molecule has 0 N–H and O–H groups in total. The zero-order valence-electron chi connectivity index (χ0n) is 29.5. The molecule has 0 aliphatic carbocycles. The van der Waals surface area contributed by atoms with Gasteiger partial charge in [0.05, 0.1) is 56.0 Å². The highest BCUT2D eigenvalue weighted by Crippen LogP contribution is 2.40. The molecule has 11 aromatic rings. The third-order valence-corrected chi connectivity index (χ3v) is 11.1. The molecule has 0 amide bonds. The first-order chi connectivity index (χ1) is 27.2. The molecule has 0 spiro atoms. The highest BCUT2D eigenvalue weighted by molar-refractivity contribution is 6.13. The first-order valence-electron chi connectivity index (χ1n) is 18.3. The summed E-state index contributed by atoms with van der Waals surface area (Å²) in [5.74, 6) is 0. The maximum Gasteiger partial charge on any atom is 0.101 e. The molecule has 55 heavy (non-hydrogen) atoms. The first kappa shape index (κ1) is 30.7. The van der Waals surface area contributed by atoms with Crippen LogP contribution in [0.1, 0.15) is 11.1 Å². The maximum atomic E-state index is 10.4. The third-order valence-electron chi connectivity index (χ3n) is 11.1. The molecule has 11 rings (SSSR count). The fourth-order valence-corrected chi connectivity index (χ4v) is 8.76. The summed E-state index contributed by atoms with van der Waals surface area (Å²) in [4.78, 5) is 0. The number of aromatic nitrogens is 3. The minimum Gasteiger partial charge on any atom is -0.309 e. The van der Waals surface area contributed by atoms with Crippen LogP contribution in [0.25, 0.3) is 93.6 Å². The zero-order chi connectivity index (χ0) is 36.6. The van der Waals surface area contributed by atoms with Crippen molar-refractivity contribution in [3.63, 3.8) is 0 Å². The molecule has 0 atom stereocenters. The van der Waals surface area contributed by atoms with Gasteiger partial charge in [-0.05, 0) is 84.4 Å². The Balaban J connectivity index is 1.08. The topological polar surface area (TPSA) is 62.4 Å². The lowest BCUT2D eigenvalue weighted by Gasteiger charge is -2.16. The molecule has 0 aliphatic heterocycles. The second kappa shape index (κ2) is 11.8. The number of para-hydroxylation sites is 5. The molecule has 3 heterocycles. The molecule has 0 bridgehead atoms. The van der Waals surface area contributed by atoms with Gasteiger partial charge in [0, 0.05) is 49.3 Å². The number of rotatable bonds is 4. The Hall–Kier alpha value is -7.86. The number of nitrogens with zero attached hydrogens (tertiary/aromatic N) is 5. The molecule has 5 nitrogen and oxygen atoms in total. The Bertz CT molecular complexity index is 3400. The summed E-state index contributed by atoms with van der Waals surface area (Å²) < 4.78 is 6.88. The highest BCUT2D eigenvalue weighted by Gasteiger charge is 2.20. The van der Waals surface area contributed by atoms with E-state index in [-0.39, 0.29) is 0 Å². The second-order valence-electron chi connectivity index (χ2n) is 14.0. The van der Waals surface area contributed by atoms with Crippen LogP contribution in [-0.2, 0) is 0 Å². The molecule has 0 aliphatic rings. The molecule has 3 aromatic heterocycles. The Labute approximate surface area is 316 Å². The average molecular weight is 700 g/mol. The Morgan fingerprint density at radius 1 is 0.345 bits per heavy atom. The second-order valence-corrected chi connectivity index (χ2v) is 14.0. The molecule has 0 unspecified atom stereocenters. The van der Waals surface area contributed by atoms with E-state index in [0.717, 1.165) is 88.2 Å². The number of hydrogen-bond donors (Lipinski definition) is 0. The number of hydrogen-bond acceptors (Lipinski definition) is 2. The van der Waals surface area contributed by atoms with Gasteiger partial charge in [-0.15, -0.1) is 0 Å². The van der Waals surface area contributed by atoms with Crippen LogP contribution in [0.3, 0.4) is 0 Å². The predicted octanol–water partition coefficient (Wildman–Crippen LogP) is 12.4. The summed E-state index contributed by atoms with van der Waals surface area (Å²) in [7, 11) is 0. The van der Waals surface area contributed by atoms with Crippen molar-refractivity contribution >= 4 is 65.4 Å². The number of benzene rings is 8. The van der Waals surface area contributed by atoms with Crippen LogP contribution in [0.15, 0.2) is 176 Å². The lowest BCUT2D eigenvalue weighted by molar-refractivity contribution is 1.16. The monoisotopic (exact) mass is 699 g/mol. The van der Waals surface area contributed by atoms with E-state index in [1.165, 1.54) is 5.39 Å².